The molecule has 0 amide bonds. The third-order valence-electron chi connectivity index (χ3n) is 3.09. The Morgan fingerprint density at radius 1 is 1.11 bits per heavy atom. The van der Waals surface area contributed by atoms with E-state index in [-0.39, 0.29) is 0 Å². The molecule has 0 aliphatic heterocycles. The van der Waals surface area contributed by atoms with Gasteiger partial charge < -0.3 is 16.3 Å². The summed E-state index contributed by atoms with van der Waals surface area (Å²) in [6.07, 6.45) is 2.53. The van der Waals surface area contributed by atoms with Crippen molar-refractivity contribution in [3.8, 4) is 0 Å². The van der Waals surface area contributed by atoms with Crippen LogP contribution in [-0.4, -0.2) is 17.6 Å². The van der Waals surface area contributed by atoms with E-state index in [0.29, 0.717) is 12.3 Å². The summed E-state index contributed by atoms with van der Waals surface area (Å²) in [6.45, 7) is 0.882. The van der Waals surface area contributed by atoms with E-state index in [1.54, 1.807) is 0 Å². The van der Waals surface area contributed by atoms with Crippen molar-refractivity contribution in [2.24, 2.45) is 10.9 Å². The minimum atomic E-state index is 0.296. The number of oxime groups is 1. The van der Waals surface area contributed by atoms with Crippen molar-refractivity contribution in [2.75, 3.05) is 11.9 Å². The highest BCUT2D eigenvalue weighted by Crippen LogP contribution is 2.22. The van der Waals surface area contributed by atoms with Gasteiger partial charge in [-0.3, -0.25) is 0 Å². The third kappa shape index (κ3) is 3.61. The second-order valence-electron chi connectivity index (χ2n) is 4.50. The molecule has 0 saturated carbocycles. The molecule has 0 aliphatic carbocycles. The molecule has 0 radical (unpaired) electrons. The molecule has 0 spiro atoms. The van der Waals surface area contributed by atoms with Crippen LogP contribution < -0.4 is 11.1 Å². The molecule has 0 unspecified atom stereocenters. The van der Waals surface area contributed by atoms with Crippen LogP contribution in [0.3, 0.4) is 0 Å². The van der Waals surface area contributed by atoms with Crippen LogP contribution in [0, 0.1) is 0 Å². The summed E-state index contributed by atoms with van der Waals surface area (Å²) in [5, 5.41) is 17.3. The van der Waals surface area contributed by atoms with Crippen LogP contribution in [0.5, 0.6) is 0 Å². The lowest BCUT2D eigenvalue weighted by molar-refractivity contribution is 0.316. The van der Waals surface area contributed by atoms with E-state index in [1.165, 1.54) is 10.8 Å². The molecular formula is C15H19N3O. The fourth-order valence-corrected chi connectivity index (χ4v) is 2.08. The first-order chi connectivity index (χ1) is 9.31. The van der Waals surface area contributed by atoms with E-state index in [1.807, 2.05) is 12.1 Å². The normalized spacial score (nSPS) is 11.7. The van der Waals surface area contributed by atoms with Crippen molar-refractivity contribution in [3.63, 3.8) is 0 Å². The monoisotopic (exact) mass is 257 g/mol. The van der Waals surface area contributed by atoms with E-state index in [4.69, 9.17) is 10.9 Å². The quantitative estimate of drug-likeness (QED) is 0.245. The van der Waals surface area contributed by atoms with Gasteiger partial charge in [0.15, 0.2) is 0 Å². The number of nitrogens with one attached hydrogen (secondary N) is 1. The topological polar surface area (TPSA) is 70.6 Å². The Bertz CT molecular complexity index is 561. The van der Waals surface area contributed by atoms with Crippen molar-refractivity contribution in [3.05, 3.63) is 42.5 Å². The highest BCUT2D eigenvalue weighted by molar-refractivity contribution is 5.93. The van der Waals surface area contributed by atoms with Gasteiger partial charge in [0.25, 0.3) is 0 Å². The molecule has 4 heteroatoms. The molecule has 0 atom stereocenters. The Morgan fingerprint density at radius 3 is 2.74 bits per heavy atom. The first-order valence-electron chi connectivity index (χ1n) is 6.49. The Balaban J connectivity index is 1.88. The van der Waals surface area contributed by atoms with Crippen molar-refractivity contribution in [2.45, 2.75) is 19.3 Å². The molecule has 2 rings (SSSR count). The third-order valence-corrected chi connectivity index (χ3v) is 3.09. The van der Waals surface area contributed by atoms with Gasteiger partial charge in [0.1, 0.15) is 5.84 Å². The lowest BCUT2D eigenvalue weighted by Crippen LogP contribution is -2.11. The maximum absolute atomic E-state index is 8.44. The summed E-state index contributed by atoms with van der Waals surface area (Å²) in [7, 11) is 0. The van der Waals surface area contributed by atoms with Crippen molar-refractivity contribution >= 4 is 22.3 Å². The zero-order valence-electron chi connectivity index (χ0n) is 10.8. The van der Waals surface area contributed by atoms with Gasteiger partial charge in [-0.05, 0) is 24.3 Å². The van der Waals surface area contributed by atoms with Crippen LogP contribution in [0.4, 0.5) is 5.69 Å². The number of rotatable bonds is 6. The molecule has 19 heavy (non-hydrogen) atoms. The maximum Gasteiger partial charge on any atom is 0.139 e. The van der Waals surface area contributed by atoms with Gasteiger partial charge in [-0.1, -0.05) is 41.6 Å². The van der Waals surface area contributed by atoms with Gasteiger partial charge >= 0.3 is 0 Å². The molecule has 0 aromatic heterocycles. The molecule has 4 N–H and O–H groups in total. The predicted molar refractivity (Wildman–Crippen MR) is 79.7 cm³/mol. The maximum atomic E-state index is 8.44. The largest absolute Gasteiger partial charge is 0.409 e. The zero-order valence-corrected chi connectivity index (χ0v) is 10.8. The Morgan fingerprint density at radius 2 is 1.89 bits per heavy atom. The Hall–Kier alpha value is -2.23. The van der Waals surface area contributed by atoms with E-state index in [2.05, 4.69) is 40.8 Å². The number of fused-ring (bicyclic) bond motifs is 1. The zero-order chi connectivity index (χ0) is 13.5. The van der Waals surface area contributed by atoms with Gasteiger partial charge in [-0.15, -0.1) is 0 Å². The van der Waals surface area contributed by atoms with Gasteiger partial charge in [0.05, 0.1) is 0 Å². The fourth-order valence-electron chi connectivity index (χ4n) is 2.08. The van der Waals surface area contributed by atoms with E-state index >= 15 is 0 Å². The minimum Gasteiger partial charge on any atom is -0.409 e. The predicted octanol–water partition coefficient (Wildman–Crippen LogP) is 3.17. The standard InChI is InChI=1S/C15H19N3O/c16-15(18-19)10-3-4-11-17-14-9-5-7-12-6-1-2-8-13(12)14/h1-2,5-9,17,19H,3-4,10-11H2,(H2,16,18). The van der Waals surface area contributed by atoms with Crippen LogP contribution in [-0.2, 0) is 0 Å². The summed E-state index contributed by atoms with van der Waals surface area (Å²) >= 11 is 0. The van der Waals surface area contributed by atoms with Crippen LogP contribution in [0.25, 0.3) is 10.8 Å². The number of amidine groups is 1. The Labute approximate surface area is 112 Å². The average Bonchev–Trinajstić information content (AvgIpc) is 2.46. The number of hydrogen-bond donors (Lipinski definition) is 3. The average molecular weight is 257 g/mol. The summed E-state index contributed by atoms with van der Waals surface area (Å²) < 4.78 is 0. The highest BCUT2D eigenvalue weighted by atomic mass is 16.4. The molecule has 2 aromatic rings. The molecule has 0 saturated heterocycles. The van der Waals surface area contributed by atoms with Crippen LogP contribution >= 0.6 is 0 Å². The van der Waals surface area contributed by atoms with Gasteiger partial charge in [0, 0.05) is 24.0 Å². The number of hydrogen-bond acceptors (Lipinski definition) is 3. The lowest BCUT2D eigenvalue weighted by atomic mass is 10.1. The van der Waals surface area contributed by atoms with Gasteiger partial charge in [-0.2, -0.15) is 0 Å². The second-order valence-corrected chi connectivity index (χ2v) is 4.50. The van der Waals surface area contributed by atoms with Crippen LogP contribution in [0.1, 0.15) is 19.3 Å². The first kappa shape index (κ1) is 13.2. The summed E-state index contributed by atoms with van der Waals surface area (Å²) in [4.78, 5) is 0. The summed E-state index contributed by atoms with van der Waals surface area (Å²) in [5.41, 5.74) is 6.57. The molecule has 0 bridgehead atoms. The summed E-state index contributed by atoms with van der Waals surface area (Å²) in [6, 6.07) is 14.6. The summed E-state index contributed by atoms with van der Waals surface area (Å²) in [5.74, 6) is 0.296. The molecule has 2 aromatic carbocycles. The van der Waals surface area contributed by atoms with Crippen LogP contribution in [0.15, 0.2) is 47.6 Å². The first-order valence-corrected chi connectivity index (χ1v) is 6.49. The minimum absolute atomic E-state index is 0.296. The number of unbranched alkanes of at least 4 members (excludes halogenated alkanes) is 1. The van der Waals surface area contributed by atoms with Gasteiger partial charge in [-0.25, -0.2) is 0 Å². The number of nitrogens with two attached hydrogens (primary N) is 1. The molecule has 0 aliphatic rings. The SMILES string of the molecule is NC(CCCCNc1cccc2ccccc12)=NO. The second kappa shape index (κ2) is 6.64. The van der Waals surface area contributed by atoms with Gasteiger partial charge in [0.2, 0.25) is 0 Å². The smallest absolute Gasteiger partial charge is 0.139 e. The van der Waals surface area contributed by atoms with E-state index in [9.17, 15) is 0 Å². The fraction of sp³-hybridized carbons (Fsp3) is 0.267. The van der Waals surface area contributed by atoms with Crippen LogP contribution in [0.2, 0.25) is 0 Å². The van der Waals surface area contributed by atoms with E-state index < -0.39 is 0 Å². The van der Waals surface area contributed by atoms with Crippen molar-refractivity contribution < 1.29 is 5.21 Å². The Kier molecular flexibility index (Phi) is 4.61. The molecule has 0 fully saturated rings. The van der Waals surface area contributed by atoms with Crippen molar-refractivity contribution in [1.82, 2.24) is 0 Å². The molecular weight excluding hydrogens is 238 g/mol. The molecule has 100 valence electrons. The highest BCUT2D eigenvalue weighted by Gasteiger charge is 1.99. The molecule has 4 nitrogen and oxygen atoms in total. The molecule has 0 heterocycles. The lowest BCUT2D eigenvalue weighted by Gasteiger charge is -2.09. The number of nitrogens with zero attached hydrogens (tertiary/aromatic N) is 1. The van der Waals surface area contributed by atoms with Crippen molar-refractivity contribution in [1.29, 1.82) is 0 Å². The van der Waals surface area contributed by atoms with E-state index in [0.717, 1.165) is 25.1 Å². The number of anilines is 1. The number of benzene rings is 2.